The zero-order valence-electron chi connectivity index (χ0n) is 22.4. The molecule has 0 spiro atoms. The molecule has 1 aliphatic rings. The number of hydrogen-bond acceptors (Lipinski definition) is 10. The summed E-state index contributed by atoms with van der Waals surface area (Å²) < 4.78 is 107. The molecule has 0 amide bonds. The van der Waals surface area contributed by atoms with Crippen molar-refractivity contribution in [1.82, 2.24) is 15.1 Å². The summed E-state index contributed by atoms with van der Waals surface area (Å²) in [6.45, 7) is 2.35. The van der Waals surface area contributed by atoms with Gasteiger partial charge in [0.2, 0.25) is 5.88 Å². The molecule has 0 aliphatic carbocycles. The molecule has 3 heterocycles. The number of halogens is 7. The van der Waals surface area contributed by atoms with Crippen molar-refractivity contribution >= 4 is 12.0 Å². The van der Waals surface area contributed by atoms with Crippen molar-refractivity contribution in [3.8, 4) is 28.6 Å². The number of hydrogen-bond donors (Lipinski definition) is 2. The van der Waals surface area contributed by atoms with Crippen LogP contribution in [0.3, 0.4) is 0 Å². The van der Waals surface area contributed by atoms with E-state index in [2.05, 4.69) is 24.9 Å². The summed E-state index contributed by atoms with van der Waals surface area (Å²) in [5.41, 5.74) is 4.93. The Morgan fingerprint density at radius 1 is 1.12 bits per heavy atom. The number of nitrogens with zero attached hydrogens (tertiary/aromatic N) is 4. The summed E-state index contributed by atoms with van der Waals surface area (Å²) in [7, 11) is 1.60. The van der Waals surface area contributed by atoms with Crippen LogP contribution in [-0.4, -0.2) is 71.0 Å². The molecule has 11 nitrogen and oxygen atoms in total. The number of carboxylic acids is 1. The molecular formula is C25H24F7N5O6. The molecule has 3 aromatic rings. The highest BCUT2D eigenvalue weighted by molar-refractivity contribution is 5.74. The molecule has 0 unspecified atom stereocenters. The normalized spacial score (nSPS) is 18.6. The third-order valence-corrected chi connectivity index (χ3v) is 5.79. The van der Waals surface area contributed by atoms with E-state index in [0.717, 1.165) is 6.07 Å². The number of nitrogens with two attached hydrogens (primary N) is 1. The number of aliphatic carboxylic acids is 1. The first-order valence-corrected chi connectivity index (χ1v) is 12.1. The van der Waals surface area contributed by atoms with E-state index in [-0.39, 0.29) is 11.3 Å². The van der Waals surface area contributed by atoms with Gasteiger partial charge in [-0.3, -0.25) is 0 Å². The van der Waals surface area contributed by atoms with E-state index in [1.807, 2.05) is 0 Å². The zero-order chi connectivity index (χ0) is 32.0. The van der Waals surface area contributed by atoms with Crippen molar-refractivity contribution in [2.24, 2.45) is 10.7 Å². The standard InChI is InChI=1S/C23H23F4N5O4.C2HF3O2/c1-22(10-19(23(25,26)27)35-21(28)31-22)14-8-13(4-5-15(14)24)18-9-16(32-36-18)17-11-30-20(12-29-17)34-7-3-6-33-2;3-2(4,5)1(6)7/h4-5,8-9,11-12,19H,3,6-7,10H2,1-2H3,(H2,28,31);(H,6,7)/t19-,22-;/m0./s1. The second-order valence-corrected chi connectivity index (χ2v) is 9.08. The molecule has 2 aromatic heterocycles. The van der Waals surface area contributed by atoms with Crippen molar-refractivity contribution in [3.05, 3.63) is 48.0 Å². The van der Waals surface area contributed by atoms with E-state index in [9.17, 15) is 30.7 Å². The van der Waals surface area contributed by atoms with E-state index in [1.165, 1.54) is 31.5 Å². The minimum atomic E-state index is -5.08. The number of aliphatic imine (C=N–C) groups is 1. The van der Waals surface area contributed by atoms with Crippen molar-refractivity contribution in [1.29, 1.82) is 0 Å². The van der Waals surface area contributed by atoms with Crippen LogP contribution < -0.4 is 10.5 Å². The predicted octanol–water partition coefficient (Wildman–Crippen LogP) is 4.87. The second kappa shape index (κ2) is 13.2. The van der Waals surface area contributed by atoms with Gasteiger partial charge in [-0.05, 0) is 25.1 Å². The molecule has 234 valence electrons. The van der Waals surface area contributed by atoms with E-state index in [4.69, 9.17) is 29.6 Å². The minimum absolute atomic E-state index is 0.0896. The largest absolute Gasteiger partial charge is 0.490 e. The summed E-state index contributed by atoms with van der Waals surface area (Å²) in [5, 5.41) is 11.1. The van der Waals surface area contributed by atoms with Crippen LogP contribution in [0.15, 0.2) is 46.2 Å². The van der Waals surface area contributed by atoms with E-state index in [1.54, 1.807) is 13.2 Å². The average molecular weight is 623 g/mol. The molecule has 4 rings (SSSR count). The summed E-state index contributed by atoms with van der Waals surface area (Å²) in [4.78, 5) is 21.3. The van der Waals surface area contributed by atoms with E-state index >= 15 is 0 Å². The summed E-state index contributed by atoms with van der Waals surface area (Å²) >= 11 is 0. The fraction of sp³-hybridized carbons (Fsp3) is 0.400. The van der Waals surface area contributed by atoms with E-state index < -0.39 is 48.2 Å². The quantitative estimate of drug-likeness (QED) is 0.262. The Hall–Kier alpha value is -4.48. The van der Waals surface area contributed by atoms with Crippen LogP contribution in [0.5, 0.6) is 5.88 Å². The SMILES string of the molecule is COCCCOc1cnc(-c2cc(-c3ccc(F)c([C@]4(C)C[C@@H](C(F)(F)F)OC(N)=N4)c3)on2)cn1.O=C(O)C(F)(F)F. The van der Waals surface area contributed by atoms with Crippen LogP contribution in [0.2, 0.25) is 0 Å². The van der Waals surface area contributed by atoms with Crippen molar-refractivity contribution in [3.63, 3.8) is 0 Å². The predicted molar refractivity (Wildman–Crippen MR) is 133 cm³/mol. The van der Waals surface area contributed by atoms with Crippen LogP contribution in [0.25, 0.3) is 22.7 Å². The lowest BCUT2D eigenvalue weighted by atomic mass is 9.84. The Balaban J connectivity index is 0.000000646. The summed E-state index contributed by atoms with van der Waals surface area (Å²) in [6.07, 6.45) is -9.03. The minimum Gasteiger partial charge on any atom is -0.476 e. The zero-order valence-corrected chi connectivity index (χ0v) is 22.4. The van der Waals surface area contributed by atoms with Gasteiger partial charge in [0, 0.05) is 43.8 Å². The molecular weight excluding hydrogens is 599 g/mol. The summed E-state index contributed by atoms with van der Waals surface area (Å²) in [6, 6.07) is 4.79. The van der Waals surface area contributed by atoms with Gasteiger partial charge < -0.3 is 29.6 Å². The number of benzene rings is 1. The van der Waals surface area contributed by atoms with Gasteiger partial charge in [0.25, 0.3) is 6.02 Å². The van der Waals surface area contributed by atoms with E-state index in [0.29, 0.717) is 42.5 Å². The highest BCUT2D eigenvalue weighted by Gasteiger charge is 2.50. The first-order chi connectivity index (χ1) is 20.0. The number of methoxy groups -OCH3 is 1. The number of rotatable bonds is 8. The van der Waals surface area contributed by atoms with Gasteiger partial charge in [-0.15, -0.1) is 0 Å². The molecule has 0 saturated carbocycles. The number of carboxylic acid groups (broad SMARTS) is 1. The topological polar surface area (TPSA) is 155 Å². The number of amidine groups is 1. The Kier molecular flexibility index (Phi) is 10.2. The monoisotopic (exact) mass is 623 g/mol. The molecule has 18 heteroatoms. The third kappa shape index (κ3) is 8.76. The number of alkyl halides is 6. The van der Waals surface area contributed by atoms with Crippen molar-refractivity contribution in [2.75, 3.05) is 20.3 Å². The van der Waals surface area contributed by atoms with Gasteiger partial charge in [0.15, 0.2) is 11.9 Å². The summed E-state index contributed by atoms with van der Waals surface area (Å²) in [5.74, 6) is -2.92. The van der Waals surface area contributed by atoms with Crippen molar-refractivity contribution < 1.29 is 59.4 Å². The smallest absolute Gasteiger partial charge is 0.476 e. The molecule has 1 aromatic carbocycles. The van der Waals surface area contributed by atoms with Gasteiger partial charge in [0.1, 0.15) is 17.2 Å². The lowest BCUT2D eigenvalue weighted by molar-refractivity contribution is -0.208. The highest BCUT2D eigenvalue weighted by atomic mass is 19.4. The average Bonchev–Trinajstić information content (AvgIpc) is 3.41. The number of carbonyl (C=O) groups is 1. The first kappa shape index (κ1) is 33.0. The first-order valence-electron chi connectivity index (χ1n) is 12.1. The van der Waals surface area contributed by atoms with Gasteiger partial charge in [-0.1, -0.05) is 5.16 Å². The van der Waals surface area contributed by atoms with Crippen LogP contribution in [0.4, 0.5) is 30.7 Å². The van der Waals surface area contributed by atoms with Crippen LogP contribution in [-0.2, 0) is 19.8 Å². The van der Waals surface area contributed by atoms with Gasteiger partial charge >= 0.3 is 18.3 Å². The molecule has 43 heavy (non-hydrogen) atoms. The highest BCUT2D eigenvalue weighted by Crippen LogP contribution is 2.42. The lowest BCUT2D eigenvalue weighted by Crippen LogP contribution is -2.46. The van der Waals surface area contributed by atoms with Gasteiger partial charge in [-0.25, -0.2) is 24.1 Å². The molecule has 3 N–H and O–H groups in total. The Morgan fingerprint density at radius 2 is 1.81 bits per heavy atom. The maximum Gasteiger partial charge on any atom is 0.490 e. The van der Waals surface area contributed by atoms with Crippen LogP contribution >= 0.6 is 0 Å². The number of ether oxygens (including phenoxy) is 3. The molecule has 1 aliphatic heterocycles. The third-order valence-electron chi connectivity index (χ3n) is 5.79. The van der Waals surface area contributed by atoms with Crippen LogP contribution in [0.1, 0.15) is 25.3 Å². The number of aromatic nitrogens is 3. The van der Waals surface area contributed by atoms with Gasteiger partial charge in [-0.2, -0.15) is 26.3 Å². The lowest BCUT2D eigenvalue weighted by Gasteiger charge is -2.36. The molecule has 0 radical (unpaired) electrons. The maximum absolute atomic E-state index is 14.8. The molecule has 0 bridgehead atoms. The maximum atomic E-state index is 14.8. The Labute approximate surface area is 238 Å². The Bertz CT molecular complexity index is 1430. The molecule has 2 atom stereocenters. The molecule has 0 saturated heterocycles. The van der Waals surface area contributed by atoms with Crippen molar-refractivity contribution in [2.45, 2.75) is 43.8 Å². The molecule has 0 fully saturated rings. The Morgan fingerprint density at radius 3 is 2.40 bits per heavy atom. The van der Waals surface area contributed by atoms with Crippen LogP contribution in [0, 0.1) is 5.82 Å². The second-order valence-electron chi connectivity index (χ2n) is 9.08. The fourth-order valence-corrected chi connectivity index (χ4v) is 3.74. The fourth-order valence-electron chi connectivity index (χ4n) is 3.74. The van der Waals surface area contributed by atoms with Gasteiger partial charge in [0.05, 0.1) is 24.5 Å².